The summed E-state index contributed by atoms with van der Waals surface area (Å²) < 4.78 is 17.0. The molecule has 2 amide bonds. The van der Waals surface area contributed by atoms with Crippen molar-refractivity contribution < 1.29 is 23.8 Å². The average molecular weight is 398 g/mol. The van der Waals surface area contributed by atoms with E-state index in [1.807, 2.05) is 33.8 Å². The number of hydrogen-bond donors (Lipinski definition) is 2. The number of hydrogen-bond acceptors (Lipinski definition) is 5. The number of ether oxygens (including phenoxy) is 3. The Morgan fingerprint density at radius 1 is 1.00 bits per heavy atom. The summed E-state index contributed by atoms with van der Waals surface area (Å²) in [5, 5.41) is 5.71. The van der Waals surface area contributed by atoms with Gasteiger partial charge in [0.2, 0.25) is 11.7 Å². The Balaban J connectivity index is 1.90. The van der Waals surface area contributed by atoms with E-state index in [9.17, 15) is 9.59 Å². The SMILES string of the molecule is CCOc1cc(C(=O)Nc2ccc3c(c2)C(C)C(=O)N3)cc(OCC)c1OCC. The van der Waals surface area contributed by atoms with E-state index in [-0.39, 0.29) is 17.7 Å². The zero-order valence-corrected chi connectivity index (χ0v) is 17.1. The van der Waals surface area contributed by atoms with E-state index < -0.39 is 0 Å². The van der Waals surface area contributed by atoms with Crippen LogP contribution in [0.2, 0.25) is 0 Å². The molecule has 154 valence electrons. The van der Waals surface area contributed by atoms with Crippen LogP contribution < -0.4 is 24.8 Å². The van der Waals surface area contributed by atoms with Crippen molar-refractivity contribution in [1.82, 2.24) is 0 Å². The van der Waals surface area contributed by atoms with Gasteiger partial charge in [-0.05, 0) is 63.6 Å². The molecule has 7 nitrogen and oxygen atoms in total. The molecule has 0 aliphatic carbocycles. The molecule has 1 aliphatic heterocycles. The molecule has 3 rings (SSSR count). The van der Waals surface area contributed by atoms with Crippen LogP contribution in [-0.4, -0.2) is 31.6 Å². The molecule has 0 fully saturated rings. The minimum Gasteiger partial charge on any atom is -0.490 e. The molecule has 0 aromatic heterocycles. The van der Waals surface area contributed by atoms with Crippen molar-refractivity contribution in [3.63, 3.8) is 0 Å². The van der Waals surface area contributed by atoms with Crippen molar-refractivity contribution in [3.05, 3.63) is 41.5 Å². The molecule has 0 bridgehead atoms. The van der Waals surface area contributed by atoms with Crippen LogP contribution in [0.5, 0.6) is 17.2 Å². The van der Waals surface area contributed by atoms with E-state index in [4.69, 9.17) is 14.2 Å². The van der Waals surface area contributed by atoms with E-state index in [0.29, 0.717) is 48.3 Å². The van der Waals surface area contributed by atoms with Crippen LogP contribution in [-0.2, 0) is 4.79 Å². The highest BCUT2D eigenvalue weighted by Gasteiger charge is 2.27. The lowest BCUT2D eigenvalue weighted by Crippen LogP contribution is -2.13. The topological polar surface area (TPSA) is 85.9 Å². The van der Waals surface area contributed by atoms with Crippen LogP contribution in [0, 0.1) is 0 Å². The van der Waals surface area contributed by atoms with Crippen LogP contribution in [0.3, 0.4) is 0 Å². The van der Waals surface area contributed by atoms with Gasteiger partial charge in [0.15, 0.2) is 11.5 Å². The first-order valence-corrected chi connectivity index (χ1v) is 9.81. The van der Waals surface area contributed by atoms with Gasteiger partial charge in [-0.2, -0.15) is 0 Å². The second kappa shape index (κ2) is 8.86. The average Bonchev–Trinajstić information content (AvgIpc) is 2.98. The third-order valence-corrected chi connectivity index (χ3v) is 4.60. The Morgan fingerprint density at radius 3 is 2.21 bits per heavy atom. The molecule has 0 spiro atoms. The summed E-state index contributed by atoms with van der Waals surface area (Å²) in [6.45, 7) is 8.75. The minimum absolute atomic E-state index is 0.0438. The number of nitrogens with one attached hydrogen (secondary N) is 2. The fraction of sp³-hybridized carbons (Fsp3) is 0.364. The lowest BCUT2D eigenvalue weighted by atomic mass is 10.0. The summed E-state index contributed by atoms with van der Waals surface area (Å²) in [5.74, 6) is 0.813. The van der Waals surface area contributed by atoms with Crippen LogP contribution in [0.1, 0.15) is 49.5 Å². The lowest BCUT2D eigenvalue weighted by molar-refractivity contribution is -0.116. The van der Waals surface area contributed by atoms with E-state index >= 15 is 0 Å². The number of fused-ring (bicyclic) bond motifs is 1. The smallest absolute Gasteiger partial charge is 0.255 e. The first kappa shape index (κ1) is 20.5. The molecule has 1 unspecified atom stereocenters. The molecule has 7 heteroatoms. The summed E-state index contributed by atoms with van der Waals surface area (Å²) in [4.78, 5) is 24.7. The maximum atomic E-state index is 12.9. The third-order valence-electron chi connectivity index (χ3n) is 4.60. The molecule has 2 N–H and O–H groups in total. The maximum absolute atomic E-state index is 12.9. The Bertz CT molecular complexity index is 898. The van der Waals surface area contributed by atoms with E-state index in [0.717, 1.165) is 11.3 Å². The number of amides is 2. The van der Waals surface area contributed by atoms with Gasteiger partial charge in [-0.25, -0.2) is 0 Å². The number of benzene rings is 2. The molecule has 1 heterocycles. The standard InChI is InChI=1S/C22H26N2O5/c1-5-27-18-10-14(11-19(28-6-2)20(18)29-7-3)22(26)23-15-8-9-17-16(12-15)13(4)21(25)24-17/h8-13H,5-7H2,1-4H3,(H,23,26)(H,24,25). The Kier molecular flexibility index (Phi) is 6.26. The van der Waals surface area contributed by atoms with Gasteiger partial charge in [0, 0.05) is 16.9 Å². The van der Waals surface area contributed by atoms with Gasteiger partial charge < -0.3 is 24.8 Å². The number of carbonyl (C=O) groups is 2. The molecular weight excluding hydrogens is 372 g/mol. The fourth-order valence-corrected chi connectivity index (χ4v) is 3.22. The van der Waals surface area contributed by atoms with Crippen LogP contribution in [0.15, 0.2) is 30.3 Å². The number of rotatable bonds is 8. The molecule has 2 aromatic rings. The first-order valence-electron chi connectivity index (χ1n) is 9.81. The van der Waals surface area contributed by atoms with Crippen LogP contribution >= 0.6 is 0 Å². The first-order chi connectivity index (χ1) is 14.0. The lowest BCUT2D eigenvalue weighted by Gasteiger charge is -2.17. The molecule has 29 heavy (non-hydrogen) atoms. The predicted octanol–water partition coefficient (Wildman–Crippen LogP) is 4.19. The zero-order chi connectivity index (χ0) is 21.0. The van der Waals surface area contributed by atoms with Crippen molar-refractivity contribution >= 4 is 23.2 Å². The van der Waals surface area contributed by atoms with Gasteiger partial charge in [-0.3, -0.25) is 9.59 Å². The third kappa shape index (κ3) is 4.29. The molecule has 1 atom stereocenters. The molecular formula is C22H26N2O5. The van der Waals surface area contributed by atoms with Gasteiger partial charge >= 0.3 is 0 Å². The minimum atomic E-state index is -0.306. The second-order valence-electron chi connectivity index (χ2n) is 6.57. The van der Waals surface area contributed by atoms with Crippen molar-refractivity contribution in [2.24, 2.45) is 0 Å². The summed E-state index contributed by atoms with van der Waals surface area (Å²) in [6.07, 6.45) is 0. The summed E-state index contributed by atoms with van der Waals surface area (Å²) >= 11 is 0. The second-order valence-corrected chi connectivity index (χ2v) is 6.57. The van der Waals surface area contributed by atoms with Gasteiger partial charge in [-0.15, -0.1) is 0 Å². The molecule has 0 saturated carbocycles. The molecule has 1 aliphatic rings. The largest absolute Gasteiger partial charge is 0.490 e. The number of anilines is 2. The Hall–Kier alpha value is -3.22. The summed E-state index contributed by atoms with van der Waals surface area (Å²) in [6, 6.07) is 8.66. The molecule has 0 saturated heterocycles. The molecule has 2 aromatic carbocycles. The monoisotopic (exact) mass is 398 g/mol. The van der Waals surface area contributed by atoms with Gasteiger partial charge in [0.05, 0.1) is 25.7 Å². The van der Waals surface area contributed by atoms with Crippen molar-refractivity contribution in [1.29, 1.82) is 0 Å². The normalized spacial score (nSPS) is 14.8. The summed E-state index contributed by atoms with van der Waals surface area (Å²) in [5.41, 5.74) is 2.65. The zero-order valence-electron chi connectivity index (χ0n) is 17.1. The van der Waals surface area contributed by atoms with Gasteiger partial charge in [0.25, 0.3) is 5.91 Å². The maximum Gasteiger partial charge on any atom is 0.255 e. The fourth-order valence-electron chi connectivity index (χ4n) is 3.22. The van der Waals surface area contributed by atoms with Gasteiger partial charge in [0.1, 0.15) is 0 Å². The van der Waals surface area contributed by atoms with E-state index in [1.54, 1.807) is 24.3 Å². The quantitative estimate of drug-likeness (QED) is 0.696. The Morgan fingerprint density at radius 2 is 1.62 bits per heavy atom. The van der Waals surface area contributed by atoms with Crippen LogP contribution in [0.25, 0.3) is 0 Å². The van der Waals surface area contributed by atoms with Crippen LogP contribution in [0.4, 0.5) is 11.4 Å². The predicted molar refractivity (Wildman–Crippen MR) is 111 cm³/mol. The van der Waals surface area contributed by atoms with Gasteiger partial charge in [-0.1, -0.05) is 0 Å². The van der Waals surface area contributed by atoms with E-state index in [2.05, 4.69) is 10.6 Å². The van der Waals surface area contributed by atoms with Crippen molar-refractivity contribution in [3.8, 4) is 17.2 Å². The van der Waals surface area contributed by atoms with Crippen molar-refractivity contribution in [2.45, 2.75) is 33.6 Å². The highest BCUT2D eigenvalue weighted by molar-refractivity contribution is 6.06. The summed E-state index contributed by atoms with van der Waals surface area (Å²) in [7, 11) is 0. The van der Waals surface area contributed by atoms with Crippen molar-refractivity contribution in [2.75, 3.05) is 30.5 Å². The molecule has 0 radical (unpaired) electrons. The Labute approximate surface area is 170 Å². The van der Waals surface area contributed by atoms with E-state index in [1.165, 1.54) is 0 Å². The highest BCUT2D eigenvalue weighted by Crippen LogP contribution is 2.39. The number of carbonyl (C=O) groups excluding carboxylic acids is 2. The highest BCUT2D eigenvalue weighted by atomic mass is 16.5.